The average Bonchev–Trinajstić information content (AvgIpc) is 3.04. The van der Waals surface area contributed by atoms with Crippen molar-refractivity contribution in [1.29, 1.82) is 0 Å². The molecule has 27 heavy (non-hydrogen) atoms. The van der Waals surface area contributed by atoms with Crippen LogP contribution in [0.1, 0.15) is 32.5 Å². The summed E-state index contributed by atoms with van der Waals surface area (Å²) in [6.45, 7) is 5.75. The molecular formula is C17H19BrFN7O. The summed E-state index contributed by atoms with van der Waals surface area (Å²) in [5, 5.41) is 13.2. The van der Waals surface area contributed by atoms with E-state index in [1.807, 2.05) is 20.8 Å². The first-order valence-electron chi connectivity index (χ1n) is 8.30. The minimum absolute atomic E-state index is 0.0318. The van der Waals surface area contributed by atoms with E-state index < -0.39 is 0 Å². The molecule has 0 amide bonds. The number of aromatic nitrogens is 5. The van der Waals surface area contributed by atoms with Gasteiger partial charge in [-0.1, -0.05) is 0 Å². The van der Waals surface area contributed by atoms with Gasteiger partial charge in [-0.05, 0) is 48.8 Å². The zero-order chi connectivity index (χ0) is 19.4. The number of nitrogens with zero attached hydrogens (tertiary/aromatic N) is 4. The second kappa shape index (κ2) is 8.30. The highest BCUT2D eigenvalue weighted by Crippen LogP contribution is 2.26. The normalized spacial score (nSPS) is 12.1. The molecule has 0 fully saturated rings. The lowest BCUT2D eigenvalue weighted by Crippen LogP contribution is -2.11. The number of hydrogen-bond acceptors (Lipinski definition) is 7. The van der Waals surface area contributed by atoms with E-state index in [0.29, 0.717) is 33.6 Å². The Bertz CT molecular complexity index is 901. The smallest absolute Gasteiger partial charge is 0.234 e. The molecule has 0 aliphatic carbocycles. The van der Waals surface area contributed by atoms with Crippen molar-refractivity contribution in [1.82, 2.24) is 25.1 Å². The number of nitrogens with one attached hydrogen (secondary N) is 3. The minimum Gasteiger partial charge on any atom is -0.474 e. The number of H-pyrrole nitrogens is 1. The van der Waals surface area contributed by atoms with Gasteiger partial charge in [-0.25, -0.2) is 9.37 Å². The molecular weight excluding hydrogens is 417 g/mol. The van der Waals surface area contributed by atoms with Gasteiger partial charge in [0.25, 0.3) is 0 Å². The molecule has 3 rings (SSSR count). The number of halogens is 2. The van der Waals surface area contributed by atoms with Gasteiger partial charge in [0.1, 0.15) is 11.6 Å². The van der Waals surface area contributed by atoms with E-state index in [-0.39, 0.29) is 18.0 Å². The summed E-state index contributed by atoms with van der Waals surface area (Å²) >= 11 is 3.42. The summed E-state index contributed by atoms with van der Waals surface area (Å²) in [7, 11) is 0. The number of ether oxygens (including phenoxy) is 1. The highest BCUT2D eigenvalue weighted by molar-refractivity contribution is 9.10. The van der Waals surface area contributed by atoms with Crippen molar-refractivity contribution in [2.45, 2.75) is 32.9 Å². The van der Waals surface area contributed by atoms with Gasteiger partial charge in [0.05, 0.1) is 28.5 Å². The van der Waals surface area contributed by atoms with Crippen LogP contribution in [0.4, 0.5) is 22.0 Å². The molecule has 0 unspecified atom stereocenters. The van der Waals surface area contributed by atoms with Crippen LogP contribution in [0.25, 0.3) is 0 Å². The molecule has 10 heteroatoms. The maximum atomic E-state index is 13.0. The second-order valence-electron chi connectivity index (χ2n) is 6.07. The van der Waals surface area contributed by atoms with E-state index in [1.54, 1.807) is 18.3 Å². The molecule has 0 bridgehead atoms. The lowest BCUT2D eigenvalue weighted by Gasteiger charge is -2.14. The third kappa shape index (κ3) is 5.13. The van der Waals surface area contributed by atoms with E-state index in [9.17, 15) is 4.39 Å². The predicted octanol–water partition coefficient (Wildman–Crippen LogP) is 4.20. The fourth-order valence-corrected chi connectivity index (χ4v) is 2.52. The van der Waals surface area contributed by atoms with Gasteiger partial charge < -0.3 is 15.4 Å². The van der Waals surface area contributed by atoms with Gasteiger partial charge in [0.2, 0.25) is 11.8 Å². The Morgan fingerprint density at radius 1 is 1.19 bits per heavy atom. The topological polar surface area (TPSA) is 101 Å². The molecule has 0 aliphatic rings. The molecule has 3 aromatic heterocycles. The van der Waals surface area contributed by atoms with Gasteiger partial charge in [-0.2, -0.15) is 4.98 Å². The van der Waals surface area contributed by atoms with Crippen molar-refractivity contribution in [2.24, 2.45) is 0 Å². The maximum absolute atomic E-state index is 13.0. The molecule has 3 heterocycles. The summed E-state index contributed by atoms with van der Waals surface area (Å²) in [4.78, 5) is 12.8. The Labute approximate surface area is 164 Å². The third-order valence-electron chi connectivity index (χ3n) is 3.45. The van der Waals surface area contributed by atoms with Gasteiger partial charge >= 0.3 is 0 Å². The summed E-state index contributed by atoms with van der Waals surface area (Å²) in [6, 6.07) is 4.53. The van der Waals surface area contributed by atoms with Crippen LogP contribution in [0.2, 0.25) is 0 Å². The first-order valence-corrected chi connectivity index (χ1v) is 9.09. The van der Waals surface area contributed by atoms with Crippen LogP contribution in [0, 0.1) is 5.82 Å². The van der Waals surface area contributed by atoms with Crippen LogP contribution >= 0.6 is 15.9 Å². The molecule has 0 aromatic carbocycles. The highest BCUT2D eigenvalue weighted by Gasteiger charge is 2.12. The average molecular weight is 436 g/mol. The van der Waals surface area contributed by atoms with Crippen molar-refractivity contribution < 1.29 is 9.13 Å². The van der Waals surface area contributed by atoms with Crippen LogP contribution in [0.3, 0.4) is 0 Å². The highest BCUT2D eigenvalue weighted by atomic mass is 79.9. The Hall–Kier alpha value is -2.75. The number of rotatable bonds is 7. The van der Waals surface area contributed by atoms with Crippen LogP contribution in [0.5, 0.6) is 5.88 Å². The van der Waals surface area contributed by atoms with Crippen molar-refractivity contribution >= 4 is 33.5 Å². The molecule has 0 aliphatic heterocycles. The Balaban J connectivity index is 1.72. The summed E-state index contributed by atoms with van der Waals surface area (Å²) < 4.78 is 19.2. The van der Waals surface area contributed by atoms with Crippen LogP contribution in [-0.2, 0) is 0 Å². The van der Waals surface area contributed by atoms with Crippen LogP contribution in [-0.4, -0.2) is 31.3 Å². The monoisotopic (exact) mass is 435 g/mol. The van der Waals surface area contributed by atoms with E-state index >= 15 is 0 Å². The molecule has 3 aromatic rings. The Kier molecular flexibility index (Phi) is 5.84. The molecule has 1 atom stereocenters. The predicted molar refractivity (Wildman–Crippen MR) is 104 cm³/mol. The summed E-state index contributed by atoms with van der Waals surface area (Å²) in [5.41, 5.74) is 0.682. The number of aromatic amines is 1. The van der Waals surface area contributed by atoms with Gasteiger partial charge in [-0.3, -0.25) is 10.1 Å². The molecule has 0 saturated heterocycles. The van der Waals surface area contributed by atoms with Crippen molar-refractivity contribution in [3.05, 3.63) is 46.6 Å². The Morgan fingerprint density at radius 2 is 2.00 bits per heavy atom. The third-order valence-corrected chi connectivity index (χ3v) is 4.03. The number of hydrogen-bond donors (Lipinski definition) is 3. The molecule has 3 N–H and O–H groups in total. The minimum atomic E-state index is -0.377. The van der Waals surface area contributed by atoms with Crippen LogP contribution < -0.4 is 15.4 Å². The van der Waals surface area contributed by atoms with Crippen molar-refractivity contribution in [3.8, 4) is 5.88 Å². The second-order valence-corrected chi connectivity index (χ2v) is 6.92. The molecule has 0 saturated carbocycles. The van der Waals surface area contributed by atoms with Crippen molar-refractivity contribution in [2.75, 3.05) is 10.6 Å². The molecule has 142 valence electrons. The zero-order valence-electron chi connectivity index (χ0n) is 15.0. The van der Waals surface area contributed by atoms with Gasteiger partial charge in [0, 0.05) is 12.3 Å². The van der Waals surface area contributed by atoms with E-state index in [1.165, 1.54) is 12.3 Å². The lowest BCUT2D eigenvalue weighted by atomic mass is 10.2. The number of pyridine rings is 1. The molecule has 8 nitrogen and oxygen atoms in total. The van der Waals surface area contributed by atoms with Crippen LogP contribution in [0.15, 0.2) is 35.1 Å². The number of anilines is 3. The Morgan fingerprint density at radius 3 is 2.70 bits per heavy atom. The van der Waals surface area contributed by atoms with Gasteiger partial charge in [-0.15, -0.1) is 5.10 Å². The van der Waals surface area contributed by atoms with Crippen molar-refractivity contribution in [3.63, 3.8) is 0 Å². The van der Waals surface area contributed by atoms with E-state index in [4.69, 9.17) is 4.74 Å². The van der Waals surface area contributed by atoms with E-state index in [2.05, 4.69) is 51.7 Å². The fraction of sp³-hybridized carbons (Fsp3) is 0.294. The van der Waals surface area contributed by atoms with Gasteiger partial charge in [0.15, 0.2) is 5.82 Å². The fourth-order valence-electron chi connectivity index (χ4n) is 2.23. The first kappa shape index (κ1) is 19.0. The molecule has 0 spiro atoms. The lowest BCUT2D eigenvalue weighted by molar-refractivity contribution is 0.232. The quantitative estimate of drug-likeness (QED) is 0.510. The molecule has 0 radical (unpaired) electrons. The largest absolute Gasteiger partial charge is 0.474 e. The standard InChI is InChI=1S/C17H19BrFN7O/c1-9(2)27-15-6-14(25-26-15)23-16-12(18)8-21-17(24-16)22-10(3)13-5-4-11(19)7-20-13/h4-10H,1-3H3,(H3,21,22,23,24,25,26)/t10-/m0/s1. The summed E-state index contributed by atoms with van der Waals surface area (Å²) in [5.74, 6) is 1.69. The maximum Gasteiger partial charge on any atom is 0.234 e. The summed E-state index contributed by atoms with van der Waals surface area (Å²) in [6.07, 6.45) is 2.84. The van der Waals surface area contributed by atoms with E-state index in [0.717, 1.165) is 0 Å². The first-order chi connectivity index (χ1) is 12.9. The SMILES string of the molecule is CC(C)Oc1cc(Nc2nc(N[C@@H](C)c3ccc(F)cn3)ncc2Br)[nH]n1. The zero-order valence-corrected chi connectivity index (χ0v) is 16.6.